The molecule has 0 saturated carbocycles. The lowest BCUT2D eigenvalue weighted by atomic mass is 10.1. The number of aromatic nitrogens is 2. The van der Waals surface area contributed by atoms with Crippen LogP contribution in [-0.2, 0) is 4.74 Å². The van der Waals surface area contributed by atoms with Gasteiger partial charge in [-0.1, -0.05) is 12.1 Å². The highest BCUT2D eigenvalue weighted by molar-refractivity contribution is 5.94. The van der Waals surface area contributed by atoms with Gasteiger partial charge in [0.1, 0.15) is 11.6 Å². The topological polar surface area (TPSA) is 67.7 Å². The van der Waals surface area contributed by atoms with Gasteiger partial charge >= 0.3 is 5.97 Å². The normalized spacial score (nSPS) is 13.4. The maximum atomic E-state index is 14.1. The van der Waals surface area contributed by atoms with Gasteiger partial charge in [0.05, 0.1) is 23.6 Å². The van der Waals surface area contributed by atoms with Gasteiger partial charge in [0, 0.05) is 43.5 Å². The van der Waals surface area contributed by atoms with Crippen LogP contribution in [-0.4, -0.2) is 59.3 Å². The van der Waals surface area contributed by atoms with Crippen LogP contribution in [0, 0.1) is 23.3 Å². The number of hydrogen-bond donors (Lipinski definition) is 0. The number of hydrogen-bond acceptors (Lipinski definition) is 5. The van der Waals surface area contributed by atoms with E-state index in [1.165, 1.54) is 17.0 Å². The van der Waals surface area contributed by atoms with Gasteiger partial charge in [-0.25, -0.2) is 27.0 Å². The summed E-state index contributed by atoms with van der Waals surface area (Å²) in [6.07, 6.45) is 0. The fraction of sp³-hybridized carbons (Fsp3) is 0.207. The molecule has 1 aliphatic rings. The lowest BCUT2D eigenvalue weighted by Crippen LogP contribution is -2.49. The van der Waals surface area contributed by atoms with E-state index < -0.39 is 40.7 Å². The first-order valence-corrected chi connectivity index (χ1v) is 12.6. The van der Waals surface area contributed by atoms with Crippen LogP contribution < -0.4 is 4.90 Å². The van der Waals surface area contributed by atoms with Crippen LogP contribution in [0.3, 0.4) is 0 Å². The summed E-state index contributed by atoms with van der Waals surface area (Å²) in [4.78, 5) is 28.4. The van der Waals surface area contributed by atoms with E-state index in [4.69, 9.17) is 4.74 Å². The van der Waals surface area contributed by atoms with E-state index in [2.05, 4.69) is 5.10 Å². The van der Waals surface area contributed by atoms with Gasteiger partial charge in [-0.3, -0.25) is 4.79 Å². The van der Waals surface area contributed by atoms with Crippen molar-refractivity contribution in [2.24, 2.45) is 0 Å². The fourth-order valence-electron chi connectivity index (χ4n) is 4.56. The van der Waals surface area contributed by atoms with Crippen molar-refractivity contribution in [1.82, 2.24) is 14.7 Å². The number of benzene rings is 3. The second kappa shape index (κ2) is 11.2. The molecule has 0 atom stereocenters. The van der Waals surface area contributed by atoms with Gasteiger partial charge in [-0.05, 0) is 55.5 Å². The highest BCUT2D eigenvalue weighted by atomic mass is 19.2. The third-order valence-electron chi connectivity index (χ3n) is 6.58. The minimum atomic E-state index is -1.41. The van der Waals surface area contributed by atoms with Gasteiger partial charge in [0.15, 0.2) is 17.3 Å². The molecular weight excluding hydrogens is 528 g/mol. The molecule has 0 unspecified atom stereocenters. The molecule has 11 heteroatoms. The van der Waals surface area contributed by atoms with Crippen molar-refractivity contribution in [2.75, 3.05) is 37.7 Å². The number of anilines is 1. The Morgan fingerprint density at radius 2 is 1.48 bits per heavy atom. The minimum Gasteiger partial charge on any atom is -0.461 e. The number of nitrogens with zero attached hydrogens (tertiary/aromatic N) is 4. The third-order valence-corrected chi connectivity index (χ3v) is 6.58. The second-order valence-corrected chi connectivity index (χ2v) is 9.10. The second-order valence-electron chi connectivity index (χ2n) is 9.10. The Labute approximate surface area is 227 Å². The number of carbonyl (C=O) groups excluding carboxylic acids is 2. The van der Waals surface area contributed by atoms with Crippen LogP contribution in [0.1, 0.15) is 27.8 Å². The van der Waals surface area contributed by atoms with Crippen molar-refractivity contribution in [3.05, 3.63) is 101 Å². The number of ether oxygens (including phenoxy) is 1. The summed E-state index contributed by atoms with van der Waals surface area (Å²) in [5, 5.41) is 4.38. The fourth-order valence-corrected chi connectivity index (χ4v) is 4.56. The Hall–Kier alpha value is -4.67. The summed E-state index contributed by atoms with van der Waals surface area (Å²) in [6, 6.07) is 15.9. The number of carbonyl (C=O) groups is 2. The molecule has 206 valence electrons. The van der Waals surface area contributed by atoms with Crippen molar-refractivity contribution < 1.29 is 31.9 Å². The number of halogens is 4. The minimum absolute atomic E-state index is 0.112. The maximum absolute atomic E-state index is 14.1. The van der Waals surface area contributed by atoms with Crippen molar-refractivity contribution in [2.45, 2.75) is 6.92 Å². The number of rotatable bonds is 6. The Morgan fingerprint density at radius 1 is 0.825 bits per heavy atom. The standard InChI is InChI=1S/C29H24F4N4O3/c1-2-40-29(39)25-17-26(37(34-25)22-9-5-19(30)6-10-22)18-3-7-21(8-4-18)35-11-13-36(14-12-35)28(38)23-15-20(31)16-24(32)27(23)33/h3-10,15-17H,2,11-14H2,1H3. The molecule has 5 rings (SSSR count). The zero-order chi connectivity index (χ0) is 28.4. The molecule has 7 nitrogen and oxygen atoms in total. The van der Waals surface area contributed by atoms with Gasteiger partial charge in [-0.2, -0.15) is 5.10 Å². The predicted octanol–water partition coefficient (Wildman–Crippen LogP) is 5.23. The average Bonchev–Trinajstić information content (AvgIpc) is 3.41. The Morgan fingerprint density at radius 3 is 2.12 bits per heavy atom. The summed E-state index contributed by atoms with van der Waals surface area (Å²) >= 11 is 0. The van der Waals surface area contributed by atoms with Crippen LogP contribution in [0.25, 0.3) is 16.9 Å². The molecule has 0 radical (unpaired) electrons. The quantitative estimate of drug-likeness (QED) is 0.186. The molecule has 1 aliphatic heterocycles. The highest BCUT2D eigenvalue weighted by Gasteiger charge is 2.26. The Balaban J connectivity index is 1.33. The smallest absolute Gasteiger partial charge is 0.358 e. The predicted molar refractivity (Wildman–Crippen MR) is 139 cm³/mol. The summed E-state index contributed by atoms with van der Waals surface area (Å²) in [7, 11) is 0. The summed E-state index contributed by atoms with van der Waals surface area (Å²) in [5.41, 5.74) is 2.24. The van der Waals surface area contributed by atoms with E-state index in [1.54, 1.807) is 29.8 Å². The first kappa shape index (κ1) is 26.9. The molecule has 0 N–H and O–H groups in total. The molecule has 40 heavy (non-hydrogen) atoms. The molecule has 3 aromatic carbocycles. The molecule has 0 aliphatic carbocycles. The first-order valence-electron chi connectivity index (χ1n) is 12.6. The lowest BCUT2D eigenvalue weighted by Gasteiger charge is -2.36. The number of amides is 1. The SMILES string of the molecule is CCOC(=O)c1cc(-c2ccc(N3CCN(C(=O)c4cc(F)cc(F)c4F)CC3)cc2)n(-c2ccc(F)cc2)n1. The molecule has 1 aromatic heterocycles. The van der Waals surface area contributed by atoms with Crippen LogP contribution >= 0.6 is 0 Å². The summed E-state index contributed by atoms with van der Waals surface area (Å²) < 4.78 is 61.4. The number of esters is 1. The average molecular weight is 553 g/mol. The van der Waals surface area contributed by atoms with E-state index >= 15 is 0 Å². The Kier molecular flexibility index (Phi) is 7.54. The molecule has 1 amide bonds. The van der Waals surface area contributed by atoms with Crippen molar-refractivity contribution in [1.29, 1.82) is 0 Å². The molecule has 4 aromatic rings. The van der Waals surface area contributed by atoms with Gasteiger partial charge < -0.3 is 14.5 Å². The zero-order valence-corrected chi connectivity index (χ0v) is 21.4. The largest absolute Gasteiger partial charge is 0.461 e. The Bertz CT molecular complexity index is 1550. The van der Waals surface area contributed by atoms with E-state index in [9.17, 15) is 27.2 Å². The van der Waals surface area contributed by atoms with Gasteiger partial charge in [0.25, 0.3) is 5.91 Å². The lowest BCUT2D eigenvalue weighted by molar-refractivity contribution is 0.0518. The molecule has 0 bridgehead atoms. The number of piperazine rings is 1. The van der Waals surface area contributed by atoms with E-state index in [1.807, 2.05) is 29.2 Å². The van der Waals surface area contributed by atoms with E-state index in [0.29, 0.717) is 36.6 Å². The first-order chi connectivity index (χ1) is 19.2. The highest BCUT2D eigenvalue weighted by Crippen LogP contribution is 2.28. The van der Waals surface area contributed by atoms with Crippen molar-refractivity contribution in [3.63, 3.8) is 0 Å². The summed E-state index contributed by atoms with van der Waals surface area (Å²) in [6.45, 7) is 3.20. The monoisotopic (exact) mass is 552 g/mol. The van der Waals surface area contributed by atoms with Crippen LogP contribution in [0.4, 0.5) is 23.2 Å². The molecule has 0 spiro atoms. The van der Waals surface area contributed by atoms with E-state index in [-0.39, 0.29) is 25.4 Å². The molecular formula is C29H24F4N4O3. The summed E-state index contributed by atoms with van der Waals surface area (Å²) in [5.74, 6) is -5.53. The third kappa shape index (κ3) is 5.40. The van der Waals surface area contributed by atoms with Crippen LogP contribution in [0.2, 0.25) is 0 Å². The van der Waals surface area contributed by atoms with Crippen LogP contribution in [0.5, 0.6) is 0 Å². The zero-order valence-electron chi connectivity index (χ0n) is 21.4. The van der Waals surface area contributed by atoms with Crippen molar-refractivity contribution >= 4 is 17.6 Å². The molecule has 1 fully saturated rings. The van der Waals surface area contributed by atoms with Crippen molar-refractivity contribution in [3.8, 4) is 16.9 Å². The van der Waals surface area contributed by atoms with Gasteiger partial charge in [0.2, 0.25) is 0 Å². The molecule has 1 saturated heterocycles. The maximum Gasteiger partial charge on any atom is 0.358 e. The molecule has 2 heterocycles. The van der Waals surface area contributed by atoms with Gasteiger partial charge in [-0.15, -0.1) is 0 Å². The van der Waals surface area contributed by atoms with Crippen LogP contribution in [0.15, 0.2) is 66.7 Å². The van der Waals surface area contributed by atoms with E-state index in [0.717, 1.165) is 11.3 Å².